The van der Waals surface area contributed by atoms with Crippen LogP contribution in [0.5, 0.6) is 5.75 Å². The average Bonchev–Trinajstić information content (AvgIpc) is 2.78. The van der Waals surface area contributed by atoms with Crippen LogP contribution < -0.4 is 0 Å². The Labute approximate surface area is 130 Å². The summed E-state index contributed by atoms with van der Waals surface area (Å²) in [5.41, 5.74) is 0.573. The SMILES string of the molecule is CN1CCN(C(=O)Cc2ccccc2O)[C@H]2CS(=O)(=O)C[C@H]21. The van der Waals surface area contributed by atoms with E-state index in [2.05, 4.69) is 0 Å². The van der Waals surface area contributed by atoms with E-state index in [0.717, 1.165) is 0 Å². The number of amides is 1. The molecule has 0 radical (unpaired) electrons. The lowest BCUT2D eigenvalue weighted by molar-refractivity contribution is -0.135. The van der Waals surface area contributed by atoms with E-state index in [4.69, 9.17) is 0 Å². The third-order valence-corrected chi connectivity index (χ3v) is 6.31. The van der Waals surface area contributed by atoms with Crippen LogP contribution in [0.15, 0.2) is 24.3 Å². The second kappa shape index (κ2) is 5.55. The van der Waals surface area contributed by atoms with Gasteiger partial charge in [-0.1, -0.05) is 18.2 Å². The molecule has 1 N–H and O–H groups in total. The lowest BCUT2D eigenvalue weighted by Crippen LogP contribution is -2.59. The molecule has 0 spiro atoms. The molecule has 2 fully saturated rings. The first-order chi connectivity index (χ1) is 10.4. The largest absolute Gasteiger partial charge is 0.508 e. The van der Waals surface area contributed by atoms with Crippen LogP contribution >= 0.6 is 0 Å². The molecule has 0 aromatic heterocycles. The number of sulfone groups is 1. The number of fused-ring (bicyclic) bond motifs is 1. The van der Waals surface area contributed by atoms with Gasteiger partial charge in [0.25, 0.3) is 0 Å². The molecule has 1 amide bonds. The van der Waals surface area contributed by atoms with Gasteiger partial charge in [0.05, 0.1) is 24.0 Å². The zero-order chi connectivity index (χ0) is 15.9. The summed E-state index contributed by atoms with van der Waals surface area (Å²) in [6.07, 6.45) is 0.0969. The Morgan fingerprint density at radius 1 is 1.23 bits per heavy atom. The molecular formula is C15H20N2O4S. The van der Waals surface area contributed by atoms with Gasteiger partial charge in [-0.2, -0.15) is 0 Å². The van der Waals surface area contributed by atoms with E-state index in [1.54, 1.807) is 29.2 Å². The van der Waals surface area contributed by atoms with Crippen LogP contribution in [0.3, 0.4) is 0 Å². The molecule has 2 aliphatic heterocycles. The zero-order valence-electron chi connectivity index (χ0n) is 12.5. The number of phenolic OH excluding ortho intramolecular Hbond substituents is 1. The van der Waals surface area contributed by atoms with E-state index in [1.807, 2.05) is 11.9 Å². The quantitative estimate of drug-likeness (QED) is 0.820. The standard InChI is InChI=1S/C15H20N2O4S/c1-16-6-7-17(13-10-22(20,21)9-12(13)16)15(19)8-11-4-2-3-5-14(11)18/h2-5,12-13,18H,6-10H2,1H3/t12-,13+/m1/s1. The number of piperazine rings is 1. The van der Waals surface area contributed by atoms with E-state index in [0.29, 0.717) is 18.7 Å². The number of hydrogen-bond acceptors (Lipinski definition) is 5. The van der Waals surface area contributed by atoms with Gasteiger partial charge in [-0.25, -0.2) is 8.42 Å². The van der Waals surface area contributed by atoms with Gasteiger partial charge in [-0.15, -0.1) is 0 Å². The first-order valence-electron chi connectivity index (χ1n) is 7.34. The smallest absolute Gasteiger partial charge is 0.227 e. The number of para-hydroxylation sites is 1. The molecule has 2 atom stereocenters. The molecule has 0 saturated carbocycles. The van der Waals surface area contributed by atoms with Gasteiger partial charge >= 0.3 is 0 Å². The van der Waals surface area contributed by atoms with Crippen molar-refractivity contribution in [2.75, 3.05) is 31.6 Å². The van der Waals surface area contributed by atoms with Gasteiger partial charge < -0.3 is 10.0 Å². The molecular weight excluding hydrogens is 304 g/mol. The highest BCUT2D eigenvalue weighted by molar-refractivity contribution is 7.91. The first-order valence-corrected chi connectivity index (χ1v) is 9.16. The molecule has 22 heavy (non-hydrogen) atoms. The predicted octanol–water partition coefficient (Wildman–Crippen LogP) is -0.126. The van der Waals surface area contributed by atoms with Crippen LogP contribution in [0, 0.1) is 0 Å². The Morgan fingerprint density at radius 3 is 2.64 bits per heavy atom. The Bertz CT molecular complexity index is 689. The summed E-state index contributed by atoms with van der Waals surface area (Å²) in [6, 6.07) is 6.35. The van der Waals surface area contributed by atoms with Crippen LogP contribution in [-0.2, 0) is 21.1 Å². The van der Waals surface area contributed by atoms with Gasteiger partial charge in [0.2, 0.25) is 5.91 Å². The predicted molar refractivity (Wildman–Crippen MR) is 82.4 cm³/mol. The number of carbonyl (C=O) groups excluding carboxylic acids is 1. The molecule has 3 rings (SSSR count). The molecule has 2 saturated heterocycles. The minimum absolute atomic E-state index is 0.0362. The fourth-order valence-electron chi connectivity index (χ4n) is 3.36. The number of phenols is 1. The summed E-state index contributed by atoms with van der Waals surface area (Å²) in [5, 5.41) is 9.80. The molecule has 0 bridgehead atoms. The lowest BCUT2D eigenvalue weighted by Gasteiger charge is -2.42. The Balaban J connectivity index is 1.79. The van der Waals surface area contributed by atoms with E-state index < -0.39 is 9.84 Å². The Kier molecular flexibility index (Phi) is 3.86. The number of aromatic hydroxyl groups is 1. The highest BCUT2D eigenvalue weighted by Crippen LogP contribution is 2.27. The molecule has 1 aromatic carbocycles. The summed E-state index contributed by atoms with van der Waals surface area (Å²) < 4.78 is 23.8. The van der Waals surface area contributed by atoms with Gasteiger partial charge in [0, 0.05) is 24.7 Å². The van der Waals surface area contributed by atoms with Crippen molar-refractivity contribution >= 4 is 15.7 Å². The second-order valence-electron chi connectivity index (χ2n) is 6.08. The summed E-state index contributed by atoms with van der Waals surface area (Å²) in [5.74, 6) is 0.130. The van der Waals surface area contributed by atoms with Gasteiger partial charge in [-0.05, 0) is 13.1 Å². The third kappa shape index (κ3) is 2.83. The number of hydrogen-bond donors (Lipinski definition) is 1. The van der Waals surface area contributed by atoms with Gasteiger partial charge in [0.15, 0.2) is 9.84 Å². The second-order valence-corrected chi connectivity index (χ2v) is 8.24. The number of benzene rings is 1. The minimum atomic E-state index is -3.09. The summed E-state index contributed by atoms with van der Waals surface area (Å²) in [4.78, 5) is 16.3. The molecule has 0 unspecified atom stereocenters. The van der Waals surface area contributed by atoms with Gasteiger partial charge in [-0.3, -0.25) is 9.69 Å². The van der Waals surface area contributed by atoms with Crippen molar-refractivity contribution in [3.63, 3.8) is 0 Å². The fourth-order valence-corrected chi connectivity index (χ4v) is 5.42. The minimum Gasteiger partial charge on any atom is -0.508 e. The third-order valence-electron chi connectivity index (χ3n) is 4.61. The highest BCUT2D eigenvalue weighted by Gasteiger charge is 2.46. The average molecular weight is 324 g/mol. The fraction of sp³-hybridized carbons (Fsp3) is 0.533. The van der Waals surface area contributed by atoms with Crippen molar-refractivity contribution in [1.29, 1.82) is 0 Å². The van der Waals surface area contributed by atoms with Crippen LogP contribution in [0.25, 0.3) is 0 Å². The molecule has 7 heteroatoms. The molecule has 0 aliphatic carbocycles. The maximum Gasteiger partial charge on any atom is 0.227 e. The van der Waals surface area contributed by atoms with Crippen LogP contribution in [0.2, 0.25) is 0 Å². The summed E-state index contributed by atoms with van der Waals surface area (Å²) >= 11 is 0. The molecule has 2 aliphatic rings. The molecule has 2 heterocycles. The number of nitrogens with zero attached hydrogens (tertiary/aromatic N) is 2. The zero-order valence-corrected chi connectivity index (χ0v) is 13.3. The number of rotatable bonds is 2. The van der Waals surface area contributed by atoms with Crippen LogP contribution in [0.1, 0.15) is 5.56 Å². The van der Waals surface area contributed by atoms with Crippen LogP contribution in [-0.4, -0.2) is 73.0 Å². The van der Waals surface area contributed by atoms with Crippen molar-refractivity contribution < 1.29 is 18.3 Å². The number of carbonyl (C=O) groups is 1. The van der Waals surface area contributed by atoms with Crippen molar-refractivity contribution in [3.8, 4) is 5.75 Å². The Morgan fingerprint density at radius 2 is 1.91 bits per heavy atom. The Hall–Kier alpha value is -1.60. The van der Waals surface area contributed by atoms with E-state index in [9.17, 15) is 18.3 Å². The van der Waals surface area contributed by atoms with Crippen molar-refractivity contribution in [2.45, 2.75) is 18.5 Å². The molecule has 6 nitrogen and oxygen atoms in total. The van der Waals surface area contributed by atoms with E-state index in [-0.39, 0.29) is 41.7 Å². The summed E-state index contributed by atoms with van der Waals surface area (Å²) in [6.45, 7) is 1.20. The lowest BCUT2D eigenvalue weighted by atomic mass is 10.0. The molecule has 1 aromatic rings. The number of likely N-dealkylation sites (N-methyl/N-ethyl adjacent to an activating group) is 1. The highest BCUT2D eigenvalue weighted by atomic mass is 32.2. The van der Waals surface area contributed by atoms with Crippen molar-refractivity contribution in [2.24, 2.45) is 0 Å². The van der Waals surface area contributed by atoms with Crippen molar-refractivity contribution in [1.82, 2.24) is 9.80 Å². The maximum absolute atomic E-state index is 12.6. The maximum atomic E-state index is 12.6. The van der Waals surface area contributed by atoms with E-state index >= 15 is 0 Å². The topological polar surface area (TPSA) is 77.9 Å². The molecule has 120 valence electrons. The monoisotopic (exact) mass is 324 g/mol. The normalized spacial score (nSPS) is 27.6. The summed E-state index contributed by atoms with van der Waals surface area (Å²) in [7, 11) is -1.19. The van der Waals surface area contributed by atoms with E-state index in [1.165, 1.54) is 0 Å². The van der Waals surface area contributed by atoms with Crippen LogP contribution in [0.4, 0.5) is 0 Å². The first kappa shape index (κ1) is 15.3. The van der Waals surface area contributed by atoms with Gasteiger partial charge in [0.1, 0.15) is 5.75 Å². The van der Waals surface area contributed by atoms with Crippen molar-refractivity contribution in [3.05, 3.63) is 29.8 Å².